The van der Waals surface area contributed by atoms with Crippen LogP contribution in [-0.4, -0.2) is 0 Å². The largest absolute Gasteiger partial charge is 0.103 e. The summed E-state index contributed by atoms with van der Waals surface area (Å²) in [6, 6.07) is 0. The number of allylic oxidation sites excluding steroid dienone is 2. The van der Waals surface area contributed by atoms with Crippen LogP contribution >= 0.6 is 0 Å². The van der Waals surface area contributed by atoms with E-state index in [2.05, 4.69) is 71.3 Å². The SMILES string of the molecule is CC.CC.CC.CC(C)C.CCC#CCC#CC/C(C)=C\CCCCCCC. The van der Waals surface area contributed by atoms with Gasteiger partial charge in [-0.25, -0.2) is 0 Å². The van der Waals surface area contributed by atoms with Crippen molar-refractivity contribution in [1.29, 1.82) is 0 Å². The minimum absolute atomic E-state index is 0.720. The van der Waals surface area contributed by atoms with E-state index in [9.17, 15) is 0 Å². The second-order valence-corrected chi connectivity index (χ2v) is 6.40. The Kier molecular flexibility index (Phi) is 60.3. The van der Waals surface area contributed by atoms with Gasteiger partial charge in [-0.15, -0.1) is 5.92 Å². The molecular weight excluding hydrogens is 336 g/mol. The first-order valence-electron chi connectivity index (χ1n) is 12.1. The molecule has 0 aromatic rings. The van der Waals surface area contributed by atoms with Crippen LogP contribution in [0.1, 0.15) is 141 Å². The van der Waals surface area contributed by atoms with Crippen LogP contribution < -0.4 is 0 Å². The molecule has 168 valence electrons. The van der Waals surface area contributed by atoms with Crippen molar-refractivity contribution in [2.75, 3.05) is 0 Å². The van der Waals surface area contributed by atoms with Gasteiger partial charge in [0, 0.05) is 12.8 Å². The van der Waals surface area contributed by atoms with Crippen LogP contribution in [0.5, 0.6) is 0 Å². The molecule has 0 saturated heterocycles. The highest BCUT2D eigenvalue weighted by Crippen LogP contribution is 2.08. The Labute approximate surface area is 182 Å². The highest BCUT2D eigenvalue weighted by atomic mass is 13.9. The number of rotatable bonds is 7. The molecule has 0 aliphatic heterocycles. The number of hydrogen-bond acceptors (Lipinski definition) is 0. The van der Waals surface area contributed by atoms with E-state index < -0.39 is 0 Å². The summed E-state index contributed by atoms with van der Waals surface area (Å²) in [5, 5.41) is 0. The van der Waals surface area contributed by atoms with E-state index in [4.69, 9.17) is 0 Å². The van der Waals surface area contributed by atoms with Gasteiger partial charge in [0.05, 0.1) is 6.42 Å². The van der Waals surface area contributed by atoms with Crippen LogP contribution in [0.15, 0.2) is 11.6 Å². The molecule has 0 fully saturated rings. The summed E-state index contributed by atoms with van der Waals surface area (Å²) in [5.74, 6) is 13.2. The van der Waals surface area contributed by atoms with Crippen LogP contribution in [0.2, 0.25) is 0 Å². The lowest BCUT2D eigenvalue weighted by Crippen LogP contribution is -1.78. The van der Waals surface area contributed by atoms with E-state index in [1.165, 1.54) is 44.1 Å². The van der Waals surface area contributed by atoms with Gasteiger partial charge in [0.15, 0.2) is 0 Å². The lowest BCUT2D eigenvalue weighted by atomic mass is 10.1. The number of hydrogen-bond donors (Lipinski definition) is 0. The second kappa shape index (κ2) is 44.9. The Morgan fingerprint density at radius 1 is 0.714 bits per heavy atom. The predicted molar refractivity (Wildman–Crippen MR) is 137 cm³/mol. The van der Waals surface area contributed by atoms with Gasteiger partial charge in [-0.05, 0) is 25.7 Å². The fourth-order valence-corrected chi connectivity index (χ4v) is 1.66. The summed E-state index contributed by atoms with van der Waals surface area (Å²) in [6.07, 6.45) is 12.9. The van der Waals surface area contributed by atoms with Gasteiger partial charge in [0.2, 0.25) is 0 Å². The maximum Gasteiger partial charge on any atom is 0.0702 e. The zero-order chi connectivity index (χ0) is 23.1. The van der Waals surface area contributed by atoms with Gasteiger partial charge >= 0.3 is 0 Å². The fourth-order valence-electron chi connectivity index (χ4n) is 1.66. The van der Waals surface area contributed by atoms with E-state index in [-0.39, 0.29) is 0 Å². The van der Waals surface area contributed by atoms with Crippen molar-refractivity contribution in [3.8, 4) is 23.7 Å². The minimum Gasteiger partial charge on any atom is -0.103 e. The average molecular weight is 393 g/mol. The molecule has 0 unspecified atom stereocenters. The van der Waals surface area contributed by atoms with Crippen LogP contribution in [0.25, 0.3) is 0 Å². The molecule has 0 heteroatoms. The quantitative estimate of drug-likeness (QED) is 0.229. The van der Waals surface area contributed by atoms with Gasteiger partial charge < -0.3 is 0 Å². The molecule has 0 bridgehead atoms. The standard InChI is InChI=1S/C18H28.C4H10.3C2H6/c1-4-6-8-10-12-14-16-18(3)17-15-13-11-9-7-5-2;1-4(2)3;3*1-2/h16H,4-6,8,10-12,14,17H2,1-3H3;4H,1-3H3;3*1-2H3/b18-16-;;;;. The highest BCUT2D eigenvalue weighted by Gasteiger charge is 1.89. The van der Waals surface area contributed by atoms with E-state index in [1.54, 1.807) is 0 Å². The normalized spacial score (nSPS) is 8.54. The van der Waals surface area contributed by atoms with E-state index in [0.29, 0.717) is 0 Å². The maximum absolute atomic E-state index is 3.18. The van der Waals surface area contributed by atoms with Crippen molar-refractivity contribution in [3.63, 3.8) is 0 Å². The molecule has 0 aromatic carbocycles. The van der Waals surface area contributed by atoms with Crippen LogP contribution in [-0.2, 0) is 0 Å². The molecule has 28 heavy (non-hydrogen) atoms. The zero-order valence-corrected chi connectivity index (χ0v) is 22.0. The van der Waals surface area contributed by atoms with Crippen LogP contribution in [0, 0.1) is 29.6 Å². The lowest BCUT2D eigenvalue weighted by molar-refractivity contribution is 0.636. The zero-order valence-electron chi connectivity index (χ0n) is 22.0. The summed E-state index contributed by atoms with van der Waals surface area (Å²) in [6.45, 7) is 25.0. The van der Waals surface area contributed by atoms with E-state index in [0.717, 1.165) is 25.2 Å². The third-order valence-electron chi connectivity index (χ3n) is 2.77. The van der Waals surface area contributed by atoms with Gasteiger partial charge in [0.25, 0.3) is 0 Å². The summed E-state index contributed by atoms with van der Waals surface area (Å²) in [5.41, 5.74) is 1.40. The van der Waals surface area contributed by atoms with Crippen LogP contribution in [0.4, 0.5) is 0 Å². The topological polar surface area (TPSA) is 0 Å². The molecule has 0 radical (unpaired) electrons. The predicted octanol–water partition coefficient (Wildman–Crippen LogP) is 10.2. The molecule has 0 rings (SSSR count). The molecule has 0 amide bonds. The molecular formula is C28H56. The second-order valence-electron chi connectivity index (χ2n) is 6.40. The third-order valence-corrected chi connectivity index (χ3v) is 2.77. The Hall–Kier alpha value is -1.14. The van der Waals surface area contributed by atoms with Gasteiger partial charge in [-0.1, -0.05) is 131 Å². The van der Waals surface area contributed by atoms with Crippen molar-refractivity contribution in [3.05, 3.63) is 11.6 Å². The molecule has 0 aliphatic carbocycles. The summed E-state index contributed by atoms with van der Waals surface area (Å²) in [7, 11) is 0. The third kappa shape index (κ3) is 64.1. The summed E-state index contributed by atoms with van der Waals surface area (Å²) < 4.78 is 0. The smallest absolute Gasteiger partial charge is 0.0702 e. The maximum atomic E-state index is 3.18. The molecule has 0 heterocycles. The van der Waals surface area contributed by atoms with Crippen molar-refractivity contribution < 1.29 is 0 Å². The van der Waals surface area contributed by atoms with Gasteiger partial charge in [0.1, 0.15) is 0 Å². The first-order chi connectivity index (χ1) is 13.5. The monoisotopic (exact) mass is 392 g/mol. The Morgan fingerprint density at radius 2 is 1.18 bits per heavy atom. The molecule has 0 saturated carbocycles. The number of unbranched alkanes of at least 4 members (excludes halogenated alkanes) is 5. The molecule has 0 atom stereocenters. The fraction of sp³-hybridized carbons (Fsp3) is 0.786. The molecule has 0 spiro atoms. The van der Waals surface area contributed by atoms with Gasteiger partial charge in [-0.2, -0.15) is 0 Å². The molecule has 0 aliphatic rings. The Bertz CT molecular complexity index is 360. The first-order valence-corrected chi connectivity index (χ1v) is 12.1. The summed E-state index contributed by atoms with van der Waals surface area (Å²) >= 11 is 0. The first kappa shape index (κ1) is 37.6. The van der Waals surface area contributed by atoms with Crippen molar-refractivity contribution >= 4 is 0 Å². The van der Waals surface area contributed by atoms with Gasteiger partial charge in [-0.3, -0.25) is 0 Å². The van der Waals surface area contributed by atoms with E-state index >= 15 is 0 Å². The van der Waals surface area contributed by atoms with Crippen molar-refractivity contribution in [2.45, 2.75) is 141 Å². The Morgan fingerprint density at radius 3 is 1.64 bits per heavy atom. The Balaban J connectivity index is -0.000000149. The average Bonchev–Trinajstić information content (AvgIpc) is 2.71. The highest BCUT2D eigenvalue weighted by molar-refractivity contribution is 5.16. The van der Waals surface area contributed by atoms with E-state index in [1.807, 2.05) is 41.5 Å². The summed E-state index contributed by atoms with van der Waals surface area (Å²) in [4.78, 5) is 0. The lowest BCUT2D eigenvalue weighted by Gasteiger charge is -1.98. The van der Waals surface area contributed by atoms with Crippen molar-refractivity contribution in [2.24, 2.45) is 5.92 Å². The molecule has 0 N–H and O–H groups in total. The molecule has 0 aromatic heterocycles. The van der Waals surface area contributed by atoms with Crippen molar-refractivity contribution in [1.82, 2.24) is 0 Å². The van der Waals surface area contributed by atoms with Crippen LogP contribution in [0.3, 0.4) is 0 Å². The minimum atomic E-state index is 0.720. The molecule has 0 nitrogen and oxygen atoms in total.